The molecule has 6 rings (SSSR count). The number of nitrogens with zero attached hydrogens (tertiary/aromatic N) is 4. The normalized spacial score (nSPS) is 22.3. The van der Waals surface area contributed by atoms with Gasteiger partial charge >= 0.3 is 0 Å². The van der Waals surface area contributed by atoms with Crippen LogP contribution in [0.5, 0.6) is 0 Å². The van der Waals surface area contributed by atoms with Crippen LogP contribution in [-0.2, 0) is 4.79 Å². The summed E-state index contributed by atoms with van der Waals surface area (Å²) in [5.74, 6) is 0.844. The quantitative estimate of drug-likeness (QED) is 0.362. The van der Waals surface area contributed by atoms with Gasteiger partial charge in [0.1, 0.15) is 17.4 Å². The minimum Gasteiger partial charge on any atom is -0.393 e. The minimum atomic E-state index is -0.566. The first-order chi connectivity index (χ1) is 17.3. The van der Waals surface area contributed by atoms with Crippen molar-refractivity contribution in [1.29, 1.82) is 0 Å². The van der Waals surface area contributed by atoms with E-state index in [0.717, 1.165) is 52.3 Å². The number of aliphatic hydroxyl groups is 1. The first kappa shape index (κ1) is 23.2. The summed E-state index contributed by atoms with van der Waals surface area (Å²) in [5, 5.41) is 14.4. The van der Waals surface area contributed by atoms with Crippen LogP contribution in [0.3, 0.4) is 0 Å². The van der Waals surface area contributed by atoms with Crippen LogP contribution in [0.1, 0.15) is 61.5 Å². The Balaban J connectivity index is 1.51. The van der Waals surface area contributed by atoms with E-state index in [-0.39, 0.29) is 29.1 Å². The summed E-state index contributed by atoms with van der Waals surface area (Å²) in [6.45, 7) is 3.80. The Morgan fingerprint density at radius 3 is 2.67 bits per heavy atom. The van der Waals surface area contributed by atoms with Crippen molar-refractivity contribution in [2.24, 2.45) is 0 Å². The molecular weight excluding hydrogens is 483 g/mol. The van der Waals surface area contributed by atoms with Crippen LogP contribution in [0.4, 0.5) is 10.1 Å². The molecule has 0 spiro atoms. The summed E-state index contributed by atoms with van der Waals surface area (Å²) in [4.78, 5) is 19.7. The molecule has 3 heterocycles. The largest absolute Gasteiger partial charge is 0.393 e. The van der Waals surface area contributed by atoms with Crippen molar-refractivity contribution in [3.8, 4) is 11.1 Å². The fourth-order valence-corrected chi connectivity index (χ4v) is 5.96. The number of aryl methyl sites for hydroxylation is 2. The average Bonchev–Trinajstić information content (AvgIpc) is 3.61. The molecule has 0 radical (unpaired) electrons. The number of benzene rings is 2. The Morgan fingerprint density at radius 2 is 1.97 bits per heavy atom. The van der Waals surface area contributed by atoms with E-state index in [4.69, 9.17) is 21.1 Å². The maximum absolute atomic E-state index is 14.3. The van der Waals surface area contributed by atoms with Crippen LogP contribution in [0, 0.1) is 19.7 Å². The van der Waals surface area contributed by atoms with Gasteiger partial charge < -0.3 is 19.1 Å². The lowest BCUT2D eigenvalue weighted by Crippen LogP contribution is -2.30. The number of amides is 1. The molecule has 4 aromatic rings. The third-order valence-corrected chi connectivity index (χ3v) is 7.78. The molecule has 0 bridgehead atoms. The average molecular weight is 509 g/mol. The van der Waals surface area contributed by atoms with Gasteiger partial charge in [0.15, 0.2) is 0 Å². The van der Waals surface area contributed by atoms with E-state index in [1.807, 2.05) is 32.0 Å². The lowest BCUT2D eigenvalue weighted by atomic mass is 10.0. The minimum absolute atomic E-state index is 0.0148. The van der Waals surface area contributed by atoms with Crippen LogP contribution >= 0.6 is 11.6 Å². The van der Waals surface area contributed by atoms with Crippen molar-refractivity contribution in [3.05, 3.63) is 64.5 Å². The smallest absolute Gasteiger partial charge is 0.227 e. The van der Waals surface area contributed by atoms with E-state index in [2.05, 4.69) is 9.72 Å². The monoisotopic (exact) mass is 508 g/mol. The Bertz CT molecular complexity index is 1480. The van der Waals surface area contributed by atoms with Gasteiger partial charge in [0.25, 0.3) is 0 Å². The predicted molar refractivity (Wildman–Crippen MR) is 134 cm³/mol. The fourth-order valence-electron chi connectivity index (χ4n) is 5.84. The number of aliphatic hydroxyl groups excluding tert-OH is 1. The molecule has 1 aliphatic carbocycles. The molecular formula is C27H26ClFN4O3. The number of halogens is 2. The van der Waals surface area contributed by atoms with Gasteiger partial charge in [-0.3, -0.25) is 4.79 Å². The number of hydrogen-bond donors (Lipinski definition) is 1. The van der Waals surface area contributed by atoms with E-state index in [1.165, 1.54) is 12.1 Å². The molecule has 0 unspecified atom stereocenters. The lowest BCUT2D eigenvalue weighted by molar-refractivity contribution is -0.117. The van der Waals surface area contributed by atoms with Crippen LogP contribution in [0.15, 0.2) is 40.9 Å². The molecule has 3 atom stereocenters. The van der Waals surface area contributed by atoms with Crippen molar-refractivity contribution in [2.75, 3.05) is 4.90 Å². The second-order valence-corrected chi connectivity index (χ2v) is 10.2. The third-order valence-electron chi connectivity index (χ3n) is 7.47. The van der Waals surface area contributed by atoms with Gasteiger partial charge in [-0.1, -0.05) is 22.8 Å². The second kappa shape index (κ2) is 8.71. The number of carbonyl (C=O) groups excluding carboxylic acids is 1. The van der Waals surface area contributed by atoms with E-state index in [0.29, 0.717) is 24.9 Å². The van der Waals surface area contributed by atoms with E-state index < -0.39 is 5.82 Å². The zero-order valence-corrected chi connectivity index (χ0v) is 20.8. The van der Waals surface area contributed by atoms with Crippen molar-refractivity contribution in [1.82, 2.24) is 14.7 Å². The summed E-state index contributed by atoms with van der Waals surface area (Å²) >= 11 is 5.91. The maximum Gasteiger partial charge on any atom is 0.227 e. The molecule has 2 aromatic carbocycles. The van der Waals surface area contributed by atoms with E-state index in [9.17, 15) is 14.3 Å². The fraction of sp³-hybridized carbons (Fsp3) is 0.370. The van der Waals surface area contributed by atoms with Gasteiger partial charge in [-0.05, 0) is 75.4 Å². The zero-order valence-electron chi connectivity index (χ0n) is 20.0. The van der Waals surface area contributed by atoms with Gasteiger partial charge in [-0.2, -0.15) is 0 Å². The van der Waals surface area contributed by atoms with Gasteiger partial charge in [-0.25, -0.2) is 9.37 Å². The summed E-state index contributed by atoms with van der Waals surface area (Å²) in [7, 11) is 0. The molecule has 9 heteroatoms. The SMILES string of the molecule is Cc1noc(C)c1-c1ccc2c(c1)nc([C@@H]1CCC(=O)N1c1ccc(Cl)c(F)c1)n2[C@@H]1CC[C@@H](O)C1. The van der Waals surface area contributed by atoms with Crippen LogP contribution in [0.2, 0.25) is 5.02 Å². The van der Waals surface area contributed by atoms with Crippen molar-refractivity contribution < 1.29 is 18.8 Å². The molecule has 1 saturated heterocycles. The first-order valence-corrected chi connectivity index (χ1v) is 12.6. The molecule has 1 saturated carbocycles. The van der Waals surface area contributed by atoms with Gasteiger partial charge in [0.2, 0.25) is 5.91 Å². The van der Waals surface area contributed by atoms with Crippen LogP contribution < -0.4 is 4.90 Å². The lowest BCUT2D eigenvalue weighted by Gasteiger charge is -2.27. The molecule has 1 N–H and O–H groups in total. The Morgan fingerprint density at radius 1 is 1.14 bits per heavy atom. The van der Waals surface area contributed by atoms with Crippen molar-refractivity contribution >= 4 is 34.2 Å². The molecule has 2 fully saturated rings. The molecule has 36 heavy (non-hydrogen) atoms. The van der Waals surface area contributed by atoms with Crippen molar-refractivity contribution in [2.45, 2.75) is 64.1 Å². The number of fused-ring (bicyclic) bond motifs is 1. The van der Waals surface area contributed by atoms with Gasteiger partial charge in [-0.15, -0.1) is 0 Å². The molecule has 186 valence electrons. The standard InChI is InChI=1S/C27H26ClFN4O3/c1-14-26(15(2)36-31-14)16-3-8-23-22(11-16)30-27(33(23)17-4-6-19(34)12-17)24-9-10-25(35)32(24)18-5-7-20(28)21(29)13-18/h3,5,7-8,11,13,17,19,24,34H,4,6,9-10,12H2,1-2H3/t17-,19-,24+/m1/s1. The summed E-state index contributed by atoms with van der Waals surface area (Å²) in [6.07, 6.45) is 2.71. The maximum atomic E-state index is 14.3. The summed E-state index contributed by atoms with van der Waals surface area (Å²) < 4.78 is 21.9. The summed E-state index contributed by atoms with van der Waals surface area (Å²) in [6, 6.07) is 10.3. The number of anilines is 1. The second-order valence-electron chi connectivity index (χ2n) is 9.78. The molecule has 2 aliphatic rings. The highest BCUT2D eigenvalue weighted by Gasteiger charge is 2.39. The number of carbonyl (C=O) groups is 1. The number of aromatic nitrogens is 3. The zero-order chi connectivity index (χ0) is 25.1. The van der Waals surface area contributed by atoms with Crippen LogP contribution in [0.25, 0.3) is 22.2 Å². The molecule has 7 nitrogen and oxygen atoms in total. The number of imidazole rings is 1. The number of rotatable bonds is 4. The van der Waals surface area contributed by atoms with Crippen LogP contribution in [-0.4, -0.2) is 31.8 Å². The first-order valence-electron chi connectivity index (χ1n) is 12.2. The Kier molecular flexibility index (Phi) is 5.61. The van der Waals surface area contributed by atoms with E-state index >= 15 is 0 Å². The molecule has 1 aliphatic heterocycles. The third kappa shape index (κ3) is 3.71. The highest BCUT2D eigenvalue weighted by Crippen LogP contribution is 2.43. The molecule has 2 aromatic heterocycles. The highest BCUT2D eigenvalue weighted by atomic mass is 35.5. The summed E-state index contributed by atoms with van der Waals surface area (Å²) in [5.41, 5.74) is 4.92. The Hall–Kier alpha value is -3.23. The highest BCUT2D eigenvalue weighted by molar-refractivity contribution is 6.30. The Labute approximate surface area is 212 Å². The topological polar surface area (TPSA) is 84.4 Å². The van der Waals surface area contributed by atoms with Gasteiger partial charge in [0, 0.05) is 23.7 Å². The van der Waals surface area contributed by atoms with Crippen molar-refractivity contribution in [3.63, 3.8) is 0 Å². The van der Waals surface area contributed by atoms with E-state index in [1.54, 1.807) is 11.0 Å². The number of hydrogen-bond acceptors (Lipinski definition) is 5. The molecule has 1 amide bonds. The predicted octanol–water partition coefficient (Wildman–Crippen LogP) is 6.05. The van der Waals surface area contributed by atoms with Gasteiger partial charge in [0.05, 0.1) is 33.9 Å².